The summed E-state index contributed by atoms with van der Waals surface area (Å²) < 4.78 is 10.3. The van der Waals surface area contributed by atoms with Gasteiger partial charge in [0, 0.05) is 121 Å². The number of hydrogen-bond acceptors (Lipinski definition) is 6. The Morgan fingerprint density at radius 1 is 0.172 bits per heavy atom. The van der Waals surface area contributed by atoms with E-state index in [2.05, 4.69) is 527 Å². The maximum absolute atomic E-state index is 2.58. The van der Waals surface area contributed by atoms with Crippen LogP contribution in [0.3, 0.4) is 0 Å². The first-order chi connectivity index (χ1) is 64.6. The van der Waals surface area contributed by atoms with Crippen molar-refractivity contribution in [3.63, 3.8) is 0 Å². The van der Waals surface area contributed by atoms with Crippen LogP contribution in [-0.4, -0.2) is 8.80 Å². The number of anilines is 12. The third-order valence-corrected chi connectivity index (χ3v) is 29.7. The van der Waals surface area contributed by atoms with Gasteiger partial charge < -0.3 is 28.4 Å². The molecule has 0 fully saturated rings. The summed E-state index contributed by atoms with van der Waals surface area (Å²) in [6, 6.07) is 147. The molecule has 0 aliphatic rings. The number of hydrogen-bond donors (Lipinski definition) is 0. The van der Waals surface area contributed by atoms with Crippen molar-refractivity contribution < 1.29 is 0 Å². The van der Waals surface area contributed by atoms with Gasteiger partial charge in [0.1, 0.15) is 0 Å². The van der Waals surface area contributed by atoms with E-state index in [9.17, 15) is 0 Å². The van der Waals surface area contributed by atoms with E-state index in [4.69, 9.17) is 0 Å². The normalized spacial score (nSPS) is 12.4. The number of nitrogens with zero attached hydrogens (tertiary/aromatic N) is 6. The Balaban J connectivity index is 0.000000158. The lowest BCUT2D eigenvalue weighted by Crippen LogP contribution is -2.14. The molecule has 0 spiro atoms. The van der Waals surface area contributed by atoms with Gasteiger partial charge in [0.2, 0.25) is 0 Å². The van der Waals surface area contributed by atoms with E-state index < -0.39 is 0 Å². The van der Waals surface area contributed by atoms with E-state index in [1.807, 2.05) is 22.7 Å². The molecule has 0 amide bonds. The lowest BCUT2D eigenvalue weighted by atomic mass is 9.85. The molecule has 0 saturated carbocycles. The van der Waals surface area contributed by atoms with Crippen molar-refractivity contribution in [3.8, 4) is 33.4 Å². The molecule has 17 aromatic carbocycles. The highest BCUT2D eigenvalue weighted by molar-refractivity contribution is 7.27. The van der Waals surface area contributed by atoms with Gasteiger partial charge in [-0.2, -0.15) is 0 Å². The van der Waals surface area contributed by atoms with Crippen molar-refractivity contribution in [1.82, 2.24) is 8.80 Å². The molecule has 8 heteroatoms. The highest BCUT2D eigenvalue weighted by Crippen LogP contribution is 2.54. The number of rotatable bonds is 15. The third kappa shape index (κ3) is 15.2. The van der Waals surface area contributed by atoms with Crippen LogP contribution in [0.2, 0.25) is 0 Å². The standard InChI is InChI=1S/C68H61N3S.C58H49N3S/c1-66(2,3)48-29-31-52(32-30-48)69(51-25-14-11-15-26-51)55-34-36-61-58(42-55)59-39-47(45-21-16-23-49(37-45)67(4,5)6)40-60-63(59)71(61)64-57-35-33-56(43-62(57)72-65(60)64)70(54-28-18-24-50(41-54)68(7,8)9)53-27-17-22-46(38-53)44-19-12-10-13-20-44;1-57(2,3)40-22-26-44(27-23-40)59(42-18-12-8-13-19-42)46-31-33-52-49(36-46)50-34-39(38-16-10-7-11-17-38)35-51-54(50)61(52)55-48-32-30-47(37-53(48)62-56(51)55)60(43-20-14-9-15-21-43)45-28-24-41(25-29-45)58(4,5)6/h10-43H,1-9H3;7-37H,1-6H3. The van der Waals surface area contributed by atoms with Crippen LogP contribution in [0.1, 0.15) is 132 Å². The molecular weight excluding hydrogens is 1660 g/mol. The highest BCUT2D eigenvalue weighted by atomic mass is 32.1. The number of fused-ring (bicyclic) bond motifs is 16. The van der Waals surface area contributed by atoms with Gasteiger partial charge >= 0.3 is 0 Å². The molecular formula is C126H110N6S2. The second-order valence-corrected chi connectivity index (χ2v) is 43.6. The Hall–Kier alpha value is -14.5. The van der Waals surface area contributed by atoms with E-state index >= 15 is 0 Å². The van der Waals surface area contributed by atoms with Crippen LogP contribution in [0, 0.1) is 0 Å². The molecule has 0 aliphatic heterocycles. The van der Waals surface area contributed by atoms with Crippen molar-refractivity contribution in [2.75, 3.05) is 19.6 Å². The predicted molar refractivity (Wildman–Crippen MR) is 582 cm³/mol. The van der Waals surface area contributed by atoms with E-state index in [1.54, 1.807) is 0 Å². The molecule has 0 N–H and O–H groups in total. The second-order valence-electron chi connectivity index (χ2n) is 41.5. The topological polar surface area (TPSA) is 21.8 Å². The average molecular weight is 1770 g/mol. The predicted octanol–water partition coefficient (Wildman–Crippen LogP) is 37.5. The fourth-order valence-corrected chi connectivity index (χ4v) is 22.6. The van der Waals surface area contributed by atoms with Crippen LogP contribution in [0.15, 0.2) is 394 Å². The molecule has 0 aliphatic carbocycles. The molecule has 0 radical (unpaired) electrons. The molecule has 0 atom stereocenters. The van der Waals surface area contributed by atoms with Crippen LogP contribution in [-0.2, 0) is 27.1 Å². The van der Waals surface area contributed by atoms with Crippen molar-refractivity contribution >= 4 is 186 Å². The van der Waals surface area contributed by atoms with Gasteiger partial charge in [-0.15, -0.1) is 22.7 Å². The molecule has 23 rings (SSSR count). The third-order valence-electron chi connectivity index (χ3n) is 27.3. The minimum absolute atomic E-state index is 0.00441. The Labute approximate surface area is 794 Å². The summed E-state index contributed by atoms with van der Waals surface area (Å²) >= 11 is 3.83. The Morgan fingerprint density at radius 2 is 0.440 bits per heavy atom. The summed E-state index contributed by atoms with van der Waals surface area (Å²) in [5.41, 5.74) is 35.4. The number of thiophene rings is 2. The van der Waals surface area contributed by atoms with E-state index in [0.717, 1.165) is 68.2 Å². The monoisotopic (exact) mass is 1770 g/mol. The smallest absolute Gasteiger partial charge is 0.0728 e. The molecule has 134 heavy (non-hydrogen) atoms. The molecule has 0 unspecified atom stereocenters. The average Bonchev–Trinajstić information content (AvgIpc) is 1.53. The van der Waals surface area contributed by atoms with Crippen LogP contribution >= 0.6 is 22.7 Å². The number of benzene rings is 17. The fourth-order valence-electron chi connectivity index (χ4n) is 20.1. The largest absolute Gasteiger partial charge is 0.310 e. The summed E-state index contributed by atoms with van der Waals surface area (Å²) in [5.74, 6) is 0. The molecule has 656 valence electrons. The quantitative estimate of drug-likeness (QED) is 0.102. The van der Waals surface area contributed by atoms with Crippen LogP contribution in [0.5, 0.6) is 0 Å². The molecule has 0 saturated heterocycles. The number of para-hydroxylation sites is 3. The molecule has 6 heterocycles. The SMILES string of the molecule is CC(C)(C)c1ccc(N(c2ccccc2)c2ccc3c(c2)c2cc(-c4cccc(C(C)(C)C)c4)cc4c5sc6cc(N(c7cccc(-c8ccccc8)c7)c7cccc(C(C)(C)C)c7)ccc6c5n3c24)cc1.CC(C)(C)c1ccc(N(c2ccccc2)c2ccc3c(c2)sc2c4cc(-c5ccccc5)cc5c6cc(N(c7ccccc7)c7ccc(C(C)(C)C)cc7)ccc6n(c54)c32)cc1. The van der Waals surface area contributed by atoms with Gasteiger partial charge in [-0.1, -0.05) is 304 Å². The lowest BCUT2D eigenvalue weighted by molar-refractivity contribution is 0.590. The summed E-state index contributed by atoms with van der Waals surface area (Å²) in [4.78, 5) is 9.63. The van der Waals surface area contributed by atoms with Crippen LogP contribution in [0.25, 0.3) is 128 Å². The van der Waals surface area contributed by atoms with Crippen LogP contribution in [0.4, 0.5) is 68.2 Å². The molecule has 23 aromatic rings. The first-order valence-corrected chi connectivity index (χ1v) is 48.7. The van der Waals surface area contributed by atoms with Gasteiger partial charge in [0.05, 0.1) is 42.5 Å². The zero-order valence-corrected chi connectivity index (χ0v) is 80.7. The second kappa shape index (κ2) is 32.7. The minimum Gasteiger partial charge on any atom is -0.310 e. The van der Waals surface area contributed by atoms with E-state index in [0.29, 0.717) is 0 Å². The molecule has 6 aromatic heterocycles. The van der Waals surface area contributed by atoms with Gasteiger partial charge in [-0.25, -0.2) is 0 Å². The van der Waals surface area contributed by atoms with E-state index in [1.165, 1.54) is 156 Å². The zero-order valence-electron chi connectivity index (χ0n) is 79.0. The first kappa shape index (κ1) is 85.0. The van der Waals surface area contributed by atoms with Crippen molar-refractivity contribution in [1.29, 1.82) is 0 Å². The highest BCUT2D eigenvalue weighted by Gasteiger charge is 2.31. The van der Waals surface area contributed by atoms with Gasteiger partial charge in [0.15, 0.2) is 0 Å². The van der Waals surface area contributed by atoms with Crippen molar-refractivity contribution in [3.05, 3.63) is 422 Å². The van der Waals surface area contributed by atoms with Gasteiger partial charge in [-0.05, 0) is 282 Å². The molecule has 6 nitrogen and oxygen atoms in total. The Kier molecular flexibility index (Phi) is 20.8. The summed E-state index contributed by atoms with van der Waals surface area (Å²) in [5, 5.41) is 10.2. The summed E-state index contributed by atoms with van der Waals surface area (Å²) in [6.07, 6.45) is 0. The maximum Gasteiger partial charge on any atom is 0.0728 e. The fraction of sp³-hybridized carbons (Fsp3) is 0.159. The van der Waals surface area contributed by atoms with Gasteiger partial charge in [-0.3, -0.25) is 0 Å². The summed E-state index contributed by atoms with van der Waals surface area (Å²) in [7, 11) is 0. The Morgan fingerprint density at radius 3 is 0.828 bits per heavy atom. The Bertz CT molecular complexity index is 8340. The number of aromatic nitrogens is 2. The van der Waals surface area contributed by atoms with Crippen molar-refractivity contribution in [2.24, 2.45) is 0 Å². The lowest BCUT2D eigenvalue weighted by Gasteiger charge is -2.28. The first-order valence-electron chi connectivity index (χ1n) is 47.1. The zero-order chi connectivity index (χ0) is 92.0. The summed E-state index contributed by atoms with van der Waals surface area (Å²) in [6.45, 7) is 34.3. The van der Waals surface area contributed by atoms with E-state index in [-0.39, 0.29) is 27.1 Å². The van der Waals surface area contributed by atoms with Crippen LogP contribution < -0.4 is 19.6 Å². The maximum atomic E-state index is 2.58. The van der Waals surface area contributed by atoms with Gasteiger partial charge in [0.25, 0.3) is 0 Å². The van der Waals surface area contributed by atoms with Crippen molar-refractivity contribution in [2.45, 2.75) is 131 Å². The minimum atomic E-state index is -0.00441. The molecule has 0 bridgehead atoms.